The van der Waals surface area contributed by atoms with E-state index in [1.54, 1.807) is 28.6 Å². The third-order valence-electron chi connectivity index (χ3n) is 5.05. The molecule has 2 aromatic heterocycles. The third kappa shape index (κ3) is 3.93. The topological polar surface area (TPSA) is 73.0 Å². The highest BCUT2D eigenvalue weighted by atomic mass is 16.1. The van der Waals surface area contributed by atoms with Gasteiger partial charge in [0.25, 0.3) is 11.1 Å². The molecule has 0 bridgehead atoms. The fourth-order valence-corrected chi connectivity index (χ4v) is 3.35. The monoisotopic (exact) mass is 357 g/mol. The molecule has 0 saturated carbocycles. The van der Waals surface area contributed by atoms with Crippen molar-refractivity contribution in [2.24, 2.45) is 7.05 Å². The lowest BCUT2D eigenvalue weighted by molar-refractivity contribution is 0.210. The minimum absolute atomic E-state index is 0.0707. The predicted octanol–water partition coefficient (Wildman–Crippen LogP) is 1.30. The van der Waals surface area contributed by atoms with Gasteiger partial charge in [-0.05, 0) is 25.5 Å². The molecule has 0 aliphatic carbocycles. The first-order valence-corrected chi connectivity index (χ1v) is 9.08. The van der Waals surface area contributed by atoms with Crippen LogP contribution in [0.3, 0.4) is 0 Å². The molecular formula is C19H27N5O2. The molecule has 1 saturated heterocycles. The van der Waals surface area contributed by atoms with E-state index in [0.29, 0.717) is 13.1 Å². The van der Waals surface area contributed by atoms with Crippen molar-refractivity contribution < 1.29 is 0 Å². The van der Waals surface area contributed by atoms with E-state index in [2.05, 4.69) is 35.8 Å². The fraction of sp³-hybridized carbons (Fsp3) is 0.579. The lowest BCUT2D eigenvalue weighted by Gasteiger charge is -2.26. The second kappa shape index (κ2) is 7.15. The van der Waals surface area contributed by atoms with Gasteiger partial charge in [-0.2, -0.15) is 5.10 Å². The molecule has 1 aliphatic rings. The molecule has 1 atom stereocenters. The van der Waals surface area contributed by atoms with Crippen LogP contribution in [0.15, 0.2) is 34.1 Å². The average Bonchev–Trinajstić information content (AvgIpc) is 3.00. The van der Waals surface area contributed by atoms with Crippen LogP contribution in [0.4, 0.5) is 0 Å². The van der Waals surface area contributed by atoms with Gasteiger partial charge in [-0.3, -0.25) is 19.5 Å². The first kappa shape index (κ1) is 18.5. The van der Waals surface area contributed by atoms with E-state index in [0.717, 1.165) is 30.8 Å². The zero-order chi connectivity index (χ0) is 18.9. The molecule has 0 radical (unpaired) electrons. The van der Waals surface area contributed by atoms with Crippen molar-refractivity contribution in [3.05, 3.63) is 56.6 Å². The number of hydrogen-bond donors (Lipinski definition) is 0. The van der Waals surface area contributed by atoms with Crippen LogP contribution in [-0.4, -0.2) is 36.8 Å². The lowest BCUT2D eigenvalue weighted by atomic mass is 9.92. The molecule has 0 amide bonds. The zero-order valence-electron chi connectivity index (χ0n) is 16.0. The Morgan fingerprint density at radius 2 is 1.92 bits per heavy atom. The molecule has 26 heavy (non-hydrogen) atoms. The Morgan fingerprint density at radius 1 is 1.15 bits per heavy atom. The summed E-state index contributed by atoms with van der Waals surface area (Å²) in [7, 11) is 1.77. The normalized spacial score (nSPS) is 18.4. The molecule has 3 heterocycles. The fourth-order valence-electron chi connectivity index (χ4n) is 3.35. The predicted molar refractivity (Wildman–Crippen MR) is 100 cm³/mol. The Morgan fingerprint density at radius 3 is 2.65 bits per heavy atom. The van der Waals surface area contributed by atoms with Crippen LogP contribution in [0.2, 0.25) is 0 Å². The lowest BCUT2D eigenvalue weighted by Crippen LogP contribution is -2.38. The summed E-state index contributed by atoms with van der Waals surface area (Å²) in [6.45, 7) is 8.44. The van der Waals surface area contributed by atoms with Gasteiger partial charge >= 0.3 is 0 Å². The second-order valence-electron chi connectivity index (χ2n) is 8.05. The summed E-state index contributed by atoms with van der Waals surface area (Å²) in [6.07, 6.45) is 5.16. The quantitative estimate of drug-likeness (QED) is 0.825. The Bertz CT molecular complexity index is 894. The minimum atomic E-state index is -0.103. The van der Waals surface area contributed by atoms with E-state index in [-0.39, 0.29) is 22.6 Å². The summed E-state index contributed by atoms with van der Waals surface area (Å²) in [5.41, 5.74) is 1.52. The van der Waals surface area contributed by atoms with Crippen LogP contribution < -0.4 is 11.1 Å². The summed E-state index contributed by atoms with van der Waals surface area (Å²) in [6, 6.07) is 3.65. The first-order valence-electron chi connectivity index (χ1n) is 9.08. The Hall–Kier alpha value is -2.28. The summed E-state index contributed by atoms with van der Waals surface area (Å²) in [5, 5.41) is 4.59. The molecule has 0 spiro atoms. The first-order chi connectivity index (χ1) is 12.3. The van der Waals surface area contributed by atoms with Gasteiger partial charge in [0, 0.05) is 37.3 Å². The van der Waals surface area contributed by atoms with Gasteiger partial charge < -0.3 is 4.57 Å². The third-order valence-corrected chi connectivity index (χ3v) is 5.05. The molecule has 140 valence electrons. The zero-order valence-corrected chi connectivity index (χ0v) is 16.0. The van der Waals surface area contributed by atoms with Crippen LogP contribution in [0.5, 0.6) is 0 Å². The summed E-state index contributed by atoms with van der Waals surface area (Å²) in [5.74, 6) is 0. The van der Waals surface area contributed by atoms with Crippen molar-refractivity contribution in [3.8, 4) is 0 Å². The van der Waals surface area contributed by atoms with Crippen LogP contribution in [0.25, 0.3) is 0 Å². The SMILES string of the molecule is Cn1c(CN2CCCC2Cn2nc(C(C)(C)C)ccc2=O)cncc1=O. The van der Waals surface area contributed by atoms with Gasteiger partial charge in [0.2, 0.25) is 0 Å². The number of rotatable bonds is 4. The highest BCUT2D eigenvalue weighted by Crippen LogP contribution is 2.21. The highest BCUT2D eigenvalue weighted by molar-refractivity contribution is 5.11. The molecule has 2 aromatic rings. The van der Waals surface area contributed by atoms with Crippen molar-refractivity contribution in [2.45, 2.75) is 58.2 Å². The molecule has 3 rings (SSSR count). The number of likely N-dealkylation sites (tertiary alicyclic amines) is 1. The maximum absolute atomic E-state index is 12.3. The molecule has 7 nitrogen and oxygen atoms in total. The van der Waals surface area contributed by atoms with Gasteiger partial charge in [-0.15, -0.1) is 0 Å². The van der Waals surface area contributed by atoms with Gasteiger partial charge in [0.15, 0.2) is 0 Å². The van der Waals surface area contributed by atoms with Crippen molar-refractivity contribution in [3.63, 3.8) is 0 Å². The standard InChI is InChI=1S/C19H27N5O2/c1-19(2,3)16-7-8-17(25)24(21-16)13-14-6-5-9-23(14)12-15-10-20-11-18(26)22(15)4/h7-8,10-11,14H,5-6,9,12-13H2,1-4H3. The number of nitrogens with zero attached hydrogens (tertiary/aromatic N) is 5. The van der Waals surface area contributed by atoms with Crippen molar-refractivity contribution in [2.75, 3.05) is 6.54 Å². The van der Waals surface area contributed by atoms with E-state index < -0.39 is 0 Å². The van der Waals surface area contributed by atoms with Gasteiger partial charge in [-0.1, -0.05) is 20.8 Å². The van der Waals surface area contributed by atoms with Crippen molar-refractivity contribution >= 4 is 0 Å². The summed E-state index contributed by atoms with van der Waals surface area (Å²) < 4.78 is 3.22. The van der Waals surface area contributed by atoms with E-state index in [1.807, 2.05) is 6.07 Å². The van der Waals surface area contributed by atoms with E-state index >= 15 is 0 Å². The maximum atomic E-state index is 12.3. The van der Waals surface area contributed by atoms with E-state index in [9.17, 15) is 9.59 Å². The van der Waals surface area contributed by atoms with Gasteiger partial charge in [0.05, 0.1) is 24.1 Å². The Balaban J connectivity index is 1.80. The van der Waals surface area contributed by atoms with E-state index in [1.165, 1.54) is 6.20 Å². The largest absolute Gasteiger partial charge is 0.312 e. The van der Waals surface area contributed by atoms with Crippen molar-refractivity contribution in [1.82, 2.24) is 24.2 Å². The van der Waals surface area contributed by atoms with Crippen LogP contribution >= 0.6 is 0 Å². The highest BCUT2D eigenvalue weighted by Gasteiger charge is 2.27. The maximum Gasteiger partial charge on any atom is 0.268 e. The smallest absolute Gasteiger partial charge is 0.268 e. The Kier molecular flexibility index (Phi) is 5.09. The molecule has 1 aliphatic heterocycles. The number of hydrogen-bond acceptors (Lipinski definition) is 5. The number of aromatic nitrogens is 4. The molecule has 0 N–H and O–H groups in total. The van der Waals surface area contributed by atoms with Crippen LogP contribution in [-0.2, 0) is 25.6 Å². The molecule has 0 aromatic carbocycles. The molecule has 1 fully saturated rings. The van der Waals surface area contributed by atoms with Gasteiger partial charge in [0.1, 0.15) is 0 Å². The van der Waals surface area contributed by atoms with Gasteiger partial charge in [-0.25, -0.2) is 4.68 Å². The second-order valence-corrected chi connectivity index (χ2v) is 8.05. The summed E-state index contributed by atoms with van der Waals surface area (Å²) in [4.78, 5) is 30.4. The molecule has 1 unspecified atom stereocenters. The van der Waals surface area contributed by atoms with Crippen LogP contribution in [0, 0.1) is 0 Å². The van der Waals surface area contributed by atoms with Crippen LogP contribution in [0.1, 0.15) is 45.0 Å². The van der Waals surface area contributed by atoms with Crippen molar-refractivity contribution in [1.29, 1.82) is 0 Å². The Labute approximate surface area is 153 Å². The van der Waals surface area contributed by atoms with E-state index in [4.69, 9.17) is 0 Å². The summed E-state index contributed by atoms with van der Waals surface area (Å²) >= 11 is 0. The molecule has 7 heteroatoms. The minimum Gasteiger partial charge on any atom is -0.312 e. The molecular weight excluding hydrogens is 330 g/mol. The average molecular weight is 357 g/mol.